The van der Waals surface area contributed by atoms with Gasteiger partial charge in [-0.1, -0.05) is 25.1 Å². The maximum Gasteiger partial charge on any atom is 0.161 e. The average molecular weight is 353 g/mol. The Morgan fingerprint density at radius 1 is 1.15 bits per heavy atom. The Hall–Kier alpha value is -3.02. The van der Waals surface area contributed by atoms with Crippen LogP contribution in [0, 0.1) is 5.92 Å². The van der Waals surface area contributed by atoms with Crippen LogP contribution in [0.25, 0.3) is 11.0 Å². The molecule has 0 N–H and O–H groups in total. The second-order valence-electron chi connectivity index (χ2n) is 6.21. The molecule has 136 valence electrons. The number of carboxylic acids is 1. The Bertz CT molecular complexity index is 933. The van der Waals surface area contributed by atoms with Crippen molar-refractivity contribution in [1.29, 1.82) is 0 Å². The van der Waals surface area contributed by atoms with Crippen LogP contribution < -0.4 is 14.6 Å². The minimum atomic E-state index is -1.07. The highest BCUT2D eigenvalue weighted by molar-refractivity contribution is 5.76. The van der Waals surface area contributed by atoms with Crippen LogP contribution in [0.15, 0.2) is 42.5 Å². The number of imidazole rings is 1. The van der Waals surface area contributed by atoms with E-state index in [9.17, 15) is 9.90 Å². The van der Waals surface area contributed by atoms with Gasteiger partial charge in [-0.25, -0.2) is 4.98 Å². The Morgan fingerprint density at radius 2 is 1.88 bits per heavy atom. The number of benzene rings is 2. The number of aromatic nitrogens is 2. The van der Waals surface area contributed by atoms with Gasteiger partial charge in [0.05, 0.1) is 25.3 Å². The number of ether oxygens (including phenoxy) is 2. The lowest BCUT2D eigenvalue weighted by Gasteiger charge is -2.16. The van der Waals surface area contributed by atoms with Crippen molar-refractivity contribution in [1.82, 2.24) is 9.55 Å². The SMILES string of the molecule is COc1ccc(Cc2nc3ccccc3n2C[C@H](C)C(=O)[O-])cc1OC. The van der Waals surface area contributed by atoms with Crippen molar-refractivity contribution in [2.75, 3.05) is 14.2 Å². The summed E-state index contributed by atoms with van der Waals surface area (Å²) in [6.45, 7) is 1.95. The van der Waals surface area contributed by atoms with Gasteiger partial charge in [0.2, 0.25) is 0 Å². The summed E-state index contributed by atoms with van der Waals surface area (Å²) in [7, 11) is 3.19. The van der Waals surface area contributed by atoms with Crippen molar-refractivity contribution in [3.63, 3.8) is 0 Å². The van der Waals surface area contributed by atoms with E-state index in [-0.39, 0.29) is 0 Å². The van der Waals surface area contributed by atoms with E-state index in [2.05, 4.69) is 0 Å². The fourth-order valence-electron chi connectivity index (χ4n) is 2.99. The first kappa shape index (κ1) is 17.8. The molecule has 0 bridgehead atoms. The number of carboxylic acid groups (broad SMARTS) is 1. The first-order chi connectivity index (χ1) is 12.5. The van der Waals surface area contributed by atoms with Crippen LogP contribution in [-0.4, -0.2) is 29.7 Å². The molecule has 0 radical (unpaired) electrons. The van der Waals surface area contributed by atoms with Crippen LogP contribution in [-0.2, 0) is 17.8 Å². The molecule has 0 fully saturated rings. The maximum atomic E-state index is 11.2. The van der Waals surface area contributed by atoms with Gasteiger partial charge in [-0.2, -0.15) is 0 Å². The molecule has 0 aliphatic carbocycles. The molecule has 0 aliphatic rings. The molecule has 1 heterocycles. The molecule has 6 nitrogen and oxygen atoms in total. The smallest absolute Gasteiger partial charge is 0.161 e. The first-order valence-electron chi connectivity index (χ1n) is 8.39. The Balaban J connectivity index is 2.00. The third kappa shape index (κ3) is 3.49. The summed E-state index contributed by atoms with van der Waals surface area (Å²) in [5.74, 6) is 0.425. The van der Waals surface area contributed by atoms with Gasteiger partial charge in [0.1, 0.15) is 5.82 Å². The lowest BCUT2D eigenvalue weighted by Crippen LogP contribution is -2.32. The fourth-order valence-corrected chi connectivity index (χ4v) is 2.99. The van der Waals surface area contributed by atoms with E-state index in [0.717, 1.165) is 22.4 Å². The van der Waals surface area contributed by atoms with Gasteiger partial charge in [0.25, 0.3) is 0 Å². The molecule has 0 aliphatic heterocycles. The lowest BCUT2D eigenvalue weighted by atomic mass is 10.1. The van der Waals surface area contributed by atoms with Crippen molar-refractivity contribution in [2.45, 2.75) is 19.9 Å². The summed E-state index contributed by atoms with van der Waals surface area (Å²) in [4.78, 5) is 15.9. The van der Waals surface area contributed by atoms with Crippen molar-refractivity contribution in [3.05, 3.63) is 53.9 Å². The van der Waals surface area contributed by atoms with Crippen LogP contribution in [0.2, 0.25) is 0 Å². The highest BCUT2D eigenvalue weighted by Gasteiger charge is 2.15. The zero-order valence-electron chi connectivity index (χ0n) is 15.1. The van der Waals surface area contributed by atoms with Crippen LogP contribution in [0.4, 0.5) is 0 Å². The first-order valence-corrected chi connectivity index (χ1v) is 8.39. The molecular formula is C20H21N2O4-. The number of hydrogen-bond acceptors (Lipinski definition) is 5. The lowest BCUT2D eigenvalue weighted by molar-refractivity contribution is -0.311. The molecule has 0 saturated heterocycles. The van der Waals surface area contributed by atoms with E-state index in [1.807, 2.05) is 47.0 Å². The standard InChI is InChI=1S/C20H22N2O4/c1-13(20(23)24)12-22-16-7-5-4-6-15(16)21-19(22)11-14-8-9-17(25-2)18(10-14)26-3/h4-10,13H,11-12H2,1-3H3,(H,23,24)/p-1/t13-/m0/s1. The molecule has 0 saturated carbocycles. The molecule has 6 heteroatoms. The molecule has 1 atom stereocenters. The summed E-state index contributed by atoms with van der Waals surface area (Å²) >= 11 is 0. The van der Waals surface area contributed by atoms with Gasteiger partial charge in [-0.05, 0) is 29.8 Å². The third-order valence-electron chi connectivity index (χ3n) is 4.40. The van der Waals surface area contributed by atoms with Gasteiger partial charge < -0.3 is 23.9 Å². The molecule has 0 amide bonds. The fraction of sp³-hybridized carbons (Fsp3) is 0.300. The van der Waals surface area contributed by atoms with E-state index in [4.69, 9.17) is 14.5 Å². The van der Waals surface area contributed by atoms with Crippen molar-refractivity contribution in [3.8, 4) is 11.5 Å². The molecule has 26 heavy (non-hydrogen) atoms. The van der Waals surface area contributed by atoms with Gasteiger partial charge in [-0.15, -0.1) is 0 Å². The monoisotopic (exact) mass is 353 g/mol. The number of carbonyl (C=O) groups excluding carboxylic acids is 1. The molecule has 0 unspecified atom stereocenters. The second kappa shape index (κ2) is 7.47. The number of aliphatic carboxylic acids is 1. The number of nitrogens with zero attached hydrogens (tertiary/aromatic N) is 2. The van der Waals surface area contributed by atoms with E-state index in [1.54, 1.807) is 21.1 Å². The van der Waals surface area contributed by atoms with Crippen LogP contribution in [0.5, 0.6) is 11.5 Å². The molecule has 3 aromatic rings. The van der Waals surface area contributed by atoms with Crippen LogP contribution >= 0.6 is 0 Å². The third-order valence-corrected chi connectivity index (χ3v) is 4.40. The largest absolute Gasteiger partial charge is 0.550 e. The Kier molecular flexibility index (Phi) is 5.11. The van der Waals surface area contributed by atoms with Gasteiger partial charge in [0, 0.05) is 24.9 Å². The quantitative estimate of drug-likeness (QED) is 0.650. The van der Waals surface area contributed by atoms with Crippen LogP contribution in [0.3, 0.4) is 0 Å². The number of para-hydroxylation sites is 2. The number of hydrogen-bond donors (Lipinski definition) is 0. The van der Waals surface area contributed by atoms with Gasteiger partial charge in [-0.3, -0.25) is 0 Å². The predicted molar refractivity (Wildman–Crippen MR) is 96.3 cm³/mol. The van der Waals surface area contributed by atoms with Gasteiger partial charge >= 0.3 is 0 Å². The Labute approximate surface area is 152 Å². The predicted octanol–water partition coefficient (Wildman–Crippen LogP) is 2.03. The van der Waals surface area contributed by atoms with E-state index < -0.39 is 11.9 Å². The summed E-state index contributed by atoms with van der Waals surface area (Å²) in [5.41, 5.74) is 2.75. The number of methoxy groups -OCH3 is 2. The zero-order chi connectivity index (χ0) is 18.7. The highest BCUT2D eigenvalue weighted by Crippen LogP contribution is 2.29. The Morgan fingerprint density at radius 3 is 2.58 bits per heavy atom. The molecule has 3 rings (SSSR count). The second-order valence-corrected chi connectivity index (χ2v) is 6.21. The van der Waals surface area contributed by atoms with E-state index in [0.29, 0.717) is 24.5 Å². The van der Waals surface area contributed by atoms with E-state index in [1.165, 1.54) is 0 Å². The maximum absolute atomic E-state index is 11.2. The normalized spacial score (nSPS) is 12.1. The van der Waals surface area contributed by atoms with Gasteiger partial charge in [0.15, 0.2) is 11.5 Å². The minimum absolute atomic E-state index is 0.311. The van der Waals surface area contributed by atoms with E-state index >= 15 is 0 Å². The van der Waals surface area contributed by atoms with Crippen LogP contribution in [0.1, 0.15) is 18.3 Å². The highest BCUT2D eigenvalue weighted by atomic mass is 16.5. The van der Waals surface area contributed by atoms with Crippen molar-refractivity contribution in [2.24, 2.45) is 5.92 Å². The summed E-state index contributed by atoms with van der Waals surface area (Å²) < 4.78 is 12.6. The van der Waals surface area contributed by atoms with Crippen molar-refractivity contribution < 1.29 is 19.4 Å². The molecule has 2 aromatic carbocycles. The number of carbonyl (C=O) groups is 1. The molecule has 1 aromatic heterocycles. The minimum Gasteiger partial charge on any atom is -0.550 e. The number of fused-ring (bicyclic) bond motifs is 1. The number of rotatable bonds is 7. The molecule has 0 spiro atoms. The summed E-state index contributed by atoms with van der Waals surface area (Å²) in [5, 5.41) is 11.2. The summed E-state index contributed by atoms with van der Waals surface area (Å²) in [6.07, 6.45) is 0.550. The average Bonchev–Trinajstić information content (AvgIpc) is 2.98. The van der Waals surface area contributed by atoms with Crippen molar-refractivity contribution >= 4 is 17.0 Å². The topological polar surface area (TPSA) is 76.4 Å². The summed E-state index contributed by atoms with van der Waals surface area (Å²) in [6, 6.07) is 13.4. The zero-order valence-corrected chi connectivity index (χ0v) is 15.1. The molecular weight excluding hydrogens is 332 g/mol.